The van der Waals surface area contributed by atoms with Crippen molar-refractivity contribution < 1.29 is 9.53 Å². The molecule has 0 saturated heterocycles. The molecule has 0 N–H and O–H groups in total. The van der Waals surface area contributed by atoms with Crippen molar-refractivity contribution in [3.05, 3.63) is 16.8 Å². The van der Waals surface area contributed by atoms with Crippen LogP contribution in [-0.4, -0.2) is 37.9 Å². The zero-order chi connectivity index (χ0) is 18.1. The highest BCUT2D eigenvalue weighted by atomic mass is 32.2. The van der Waals surface area contributed by atoms with Crippen molar-refractivity contribution in [3.8, 4) is 0 Å². The Morgan fingerprint density at radius 2 is 2.38 bits per heavy atom. The van der Waals surface area contributed by atoms with E-state index in [9.17, 15) is 4.79 Å². The molecule has 3 heterocycles. The fraction of sp³-hybridized carbons (Fsp3) is 0.556. The van der Waals surface area contributed by atoms with Gasteiger partial charge in [-0.15, -0.1) is 11.3 Å². The van der Waals surface area contributed by atoms with E-state index in [1.807, 2.05) is 11.4 Å². The van der Waals surface area contributed by atoms with E-state index < -0.39 is 0 Å². The molecular weight excluding hydrogens is 368 g/mol. The van der Waals surface area contributed by atoms with Crippen LogP contribution in [0.2, 0.25) is 0 Å². The molecule has 4 rings (SSSR count). The van der Waals surface area contributed by atoms with Crippen LogP contribution in [0.5, 0.6) is 0 Å². The molecule has 0 fully saturated rings. The molecule has 0 bridgehead atoms. The molecule has 8 heteroatoms. The van der Waals surface area contributed by atoms with Gasteiger partial charge in [0.25, 0.3) is 0 Å². The molecule has 0 amide bonds. The molecule has 26 heavy (non-hydrogen) atoms. The van der Waals surface area contributed by atoms with E-state index in [0.717, 1.165) is 40.6 Å². The number of nitrogens with zero attached hydrogens (tertiary/aromatic N) is 4. The quantitative estimate of drug-likeness (QED) is 0.275. The smallest absolute Gasteiger partial charge is 0.305 e. The average Bonchev–Trinajstić information content (AvgIpc) is 3.22. The first-order valence-corrected chi connectivity index (χ1v) is 10.9. The molecule has 3 aromatic rings. The van der Waals surface area contributed by atoms with Crippen LogP contribution in [0.15, 0.2) is 11.5 Å². The summed E-state index contributed by atoms with van der Waals surface area (Å²) in [4.78, 5) is 23.4. The molecule has 1 aliphatic carbocycles. The Kier molecular flexibility index (Phi) is 5.13. The van der Waals surface area contributed by atoms with E-state index in [0.29, 0.717) is 18.9 Å². The number of carbonyl (C=O) groups excluding carboxylic acids is 1. The van der Waals surface area contributed by atoms with Crippen molar-refractivity contribution in [1.29, 1.82) is 0 Å². The van der Waals surface area contributed by atoms with Gasteiger partial charge in [-0.3, -0.25) is 4.79 Å². The van der Waals surface area contributed by atoms with Gasteiger partial charge in [-0.25, -0.2) is 9.97 Å². The highest BCUT2D eigenvalue weighted by molar-refractivity contribution is 7.99. The highest BCUT2D eigenvalue weighted by Gasteiger charge is 2.24. The summed E-state index contributed by atoms with van der Waals surface area (Å²) in [5, 5.41) is 6.43. The number of aromatic nitrogens is 4. The van der Waals surface area contributed by atoms with Gasteiger partial charge >= 0.3 is 5.97 Å². The van der Waals surface area contributed by atoms with Crippen molar-refractivity contribution in [2.75, 3.05) is 12.4 Å². The van der Waals surface area contributed by atoms with Gasteiger partial charge in [0, 0.05) is 17.1 Å². The molecule has 0 unspecified atom stereocenters. The molecule has 0 radical (unpaired) electrons. The van der Waals surface area contributed by atoms with Crippen molar-refractivity contribution in [3.63, 3.8) is 0 Å². The maximum Gasteiger partial charge on any atom is 0.305 e. The summed E-state index contributed by atoms with van der Waals surface area (Å²) in [5.41, 5.74) is 2.34. The Morgan fingerprint density at radius 3 is 3.23 bits per heavy atom. The maximum absolute atomic E-state index is 11.5. The van der Waals surface area contributed by atoms with Gasteiger partial charge in [0.2, 0.25) is 0 Å². The van der Waals surface area contributed by atoms with E-state index in [2.05, 4.69) is 17.0 Å². The number of esters is 1. The van der Waals surface area contributed by atoms with Crippen molar-refractivity contribution in [2.24, 2.45) is 5.92 Å². The maximum atomic E-state index is 11.5. The predicted molar refractivity (Wildman–Crippen MR) is 104 cm³/mol. The van der Waals surface area contributed by atoms with Gasteiger partial charge in [-0.2, -0.15) is 9.61 Å². The van der Waals surface area contributed by atoms with Crippen LogP contribution in [-0.2, 0) is 22.4 Å². The number of carbonyl (C=O) groups is 1. The standard InChI is InChI=1S/C18H22N4O2S2/c1-3-24-14(23)5-4-8-25-18-21-17-15(16-19-10-20-22(16)18)12-9-11(2)6-7-13(12)26-17/h10-11H,3-9H2,1-2H3/t11-/m1/s1. The van der Waals surface area contributed by atoms with Crippen LogP contribution in [0.25, 0.3) is 15.9 Å². The van der Waals surface area contributed by atoms with E-state index in [1.54, 1.807) is 29.4 Å². The van der Waals surface area contributed by atoms with Crippen LogP contribution < -0.4 is 0 Å². The number of fused-ring (bicyclic) bond motifs is 5. The normalized spacial score (nSPS) is 16.9. The van der Waals surface area contributed by atoms with Crippen LogP contribution in [0, 0.1) is 5.92 Å². The van der Waals surface area contributed by atoms with E-state index >= 15 is 0 Å². The third-order valence-corrected chi connectivity index (χ3v) is 6.90. The number of thiophene rings is 1. The zero-order valence-electron chi connectivity index (χ0n) is 15.0. The Hall–Kier alpha value is -1.67. The number of ether oxygens (including phenoxy) is 1. The van der Waals surface area contributed by atoms with Gasteiger partial charge in [0.1, 0.15) is 11.2 Å². The molecule has 0 aromatic carbocycles. The summed E-state index contributed by atoms with van der Waals surface area (Å²) in [6.07, 6.45) is 6.30. The largest absolute Gasteiger partial charge is 0.466 e. The number of hydrogen-bond donors (Lipinski definition) is 0. The summed E-state index contributed by atoms with van der Waals surface area (Å²) >= 11 is 3.43. The van der Waals surface area contributed by atoms with Gasteiger partial charge in [0.15, 0.2) is 10.8 Å². The summed E-state index contributed by atoms with van der Waals surface area (Å²) in [7, 11) is 0. The lowest BCUT2D eigenvalue weighted by Gasteiger charge is -2.17. The van der Waals surface area contributed by atoms with E-state index in [4.69, 9.17) is 9.72 Å². The van der Waals surface area contributed by atoms with Gasteiger partial charge in [-0.1, -0.05) is 18.7 Å². The minimum Gasteiger partial charge on any atom is -0.466 e. The average molecular weight is 391 g/mol. The highest BCUT2D eigenvalue weighted by Crippen LogP contribution is 2.39. The molecular formula is C18H22N4O2S2. The van der Waals surface area contributed by atoms with Crippen molar-refractivity contribution in [1.82, 2.24) is 19.6 Å². The first-order chi connectivity index (χ1) is 12.7. The number of hydrogen-bond acceptors (Lipinski definition) is 7. The van der Waals surface area contributed by atoms with Gasteiger partial charge in [0.05, 0.1) is 12.0 Å². The molecule has 138 valence electrons. The Balaban J connectivity index is 1.60. The molecule has 1 atom stereocenters. The lowest BCUT2D eigenvalue weighted by molar-refractivity contribution is -0.143. The third kappa shape index (κ3) is 3.32. The van der Waals surface area contributed by atoms with Gasteiger partial charge < -0.3 is 4.74 Å². The minimum absolute atomic E-state index is 0.137. The number of thioether (sulfide) groups is 1. The van der Waals surface area contributed by atoms with Crippen LogP contribution in [0.3, 0.4) is 0 Å². The van der Waals surface area contributed by atoms with Crippen molar-refractivity contribution >= 4 is 44.9 Å². The van der Waals surface area contributed by atoms with E-state index in [1.165, 1.54) is 22.2 Å². The molecule has 0 saturated carbocycles. The minimum atomic E-state index is -0.137. The topological polar surface area (TPSA) is 69.4 Å². The second-order valence-corrected chi connectivity index (χ2v) is 8.82. The van der Waals surface area contributed by atoms with E-state index in [-0.39, 0.29) is 5.97 Å². The first-order valence-electron chi connectivity index (χ1n) is 9.09. The van der Waals surface area contributed by atoms with Crippen LogP contribution in [0.1, 0.15) is 43.6 Å². The monoisotopic (exact) mass is 390 g/mol. The lowest BCUT2D eigenvalue weighted by Crippen LogP contribution is -2.09. The Bertz CT molecular complexity index is 950. The molecule has 3 aromatic heterocycles. The first kappa shape index (κ1) is 17.7. The molecule has 6 nitrogen and oxygen atoms in total. The Labute approximate surface area is 160 Å². The van der Waals surface area contributed by atoms with Crippen molar-refractivity contribution in [2.45, 2.75) is 51.1 Å². The van der Waals surface area contributed by atoms with Gasteiger partial charge in [-0.05, 0) is 44.1 Å². The molecule has 0 aliphatic heterocycles. The lowest BCUT2D eigenvalue weighted by atomic mass is 9.89. The summed E-state index contributed by atoms with van der Waals surface area (Å²) in [6.45, 7) is 4.58. The second-order valence-electron chi connectivity index (χ2n) is 6.68. The zero-order valence-corrected chi connectivity index (χ0v) is 16.7. The predicted octanol–water partition coefficient (Wildman–Crippen LogP) is 3.90. The fourth-order valence-corrected chi connectivity index (χ4v) is 5.60. The summed E-state index contributed by atoms with van der Waals surface area (Å²) in [5.74, 6) is 1.37. The fourth-order valence-electron chi connectivity index (χ4n) is 3.45. The number of aryl methyl sites for hydroxylation is 1. The molecule has 1 aliphatic rings. The van der Waals surface area contributed by atoms with Crippen LogP contribution in [0.4, 0.5) is 0 Å². The Morgan fingerprint density at radius 1 is 1.50 bits per heavy atom. The summed E-state index contributed by atoms with van der Waals surface area (Å²) < 4.78 is 6.83. The second kappa shape index (κ2) is 7.52. The number of rotatable bonds is 6. The SMILES string of the molecule is CCOC(=O)CCCSc1nc2sc3c(c2c2ncnn12)C[C@H](C)CC3. The van der Waals surface area contributed by atoms with Crippen LogP contribution >= 0.6 is 23.1 Å². The third-order valence-electron chi connectivity index (χ3n) is 4.70. The molecule has 0 spiro atoms. The summed E-state index contributed by atoms with van der Waals surface area (Å²) in [6, 6.07) is 0.